The van der Waals surface area contributed by atoms with Crippen molar-refractivity contribution in [2.75, 3.05) is 0 Å². The van der Waals surface area contributed by atoms with Crippen molar-refractivity contribution in [3.05, 3.63) is 115 Å². The lowest BCUT2D eigenvalue weighted by molar-refractivity contribution is 1.19. The Morgan fingerprint density at radius 1 is 0.471 bits per heavy atom. The summed E-state index contributed by atoms with van der Waals surface area (Å²) in [5.74, 6) is 0. The van der Waals surface area contributed by atoms with Crippen LogP contribution in [0.2, 0.25) is 0 Å². The number of benzene rings is 6. The molecule has 34 heavy (non-hydrogen) atoms. The van der Waals surface area contributed by atoms with E-state index >= 15 is 0 Å². The Kier molecular flexibility index (Phi) is 3.60. The monoisotopic (exact) mass is 449 g/mol. The summed E-state index contributed by atoms with van der Waals surface area (Å²) < 4.78 is 5.17. The molecule has 0 N–H and O–H groups in total. The van der Waals surface area contributed by atoms with E-state index in [4.69, 9.17) is 0 Å². The van der Waals surface area contributed by atoms with Gasteiger partial charge in [0, 0.05) is 31.9 Å². The van der Waals surface area contributed by atoms with Gasteiger partial charge >= 0.3 is 0 Å². The van der Waals surface area contributed by atoms with E-state index in [2.05, 4.69) is 120 Å². The zero-order valence-corrected chi connectivity index (χ0v) is 19.1. The van der Waals surface area contributed by atoms with E-state index < -0.39 is 0 Å². The van der Waals surface area contributed by atoms with E-state index in [1.807, 2.05) is 11.3 Å². The molecule has 0 aliphatic heterocycles. The SMILES string of the molecule is c1ccc(-n2c3ccccc3c3c4ccc5ccccc5c4c4c5ccccc5sc4c32)cc1. The minimum Gasteiger partial charge on any atom is -0.308 e. The van der Waals surface area contributed by atoms with E-state index in [-0.39, 0.29) is 0 Å². The minimum absolute atomic E-state index is 1.20. The van der Waals surface area contributed by atoms with Crippen molar-refractivity contribution >= 4 is 74.9 Å². The second-order valence-electron chi connectivity index (χ2n) is 8.92. The van der Waals surface area contributed by atoms with Crippen LogP contribution in [0.5, 0.6) is 0 Å². The highest BCUT2D eigenvalue weighted by Gasteiger charge is 2.22. The number of hydrogen-bond donors (Lipinski definition) is 0. The van der Waals surface area contributed by atoms with Gasteiger partial charge in [-0.15, -0.1) is 11.3 Å². The molecule has 0 atom stereocenters. The molecule has 2 heteroatoms. The van der Waals surface area contributed by atoms with Gasteiger partial charge < -0.3 is 4.57 Å². The van der Waals surface area contributed by atoms with Gasteiger partial charge in [-0.2, -0.15) is 0 Å². The molecule has 0 aliphatic rings. The molecule has 158 valence electrons. The first-order valence-corrected chi connectivity index (χ1v) is 12.4. The van der Waals surface area contributed by atoms with Crippen molar-refractivity contribution < 1.29 is 0 Å². The van der Waals surface area contributed by atoms with E-state index in [9.17, 15) is 0 Å². The second kappa shape index (κ2) is 6.69. The van der Waals surface area contributed by atoms with Crippen molar-refractivity contribution in [3.63, 3.8) is 0 Å². The summed E-state index contributed by atoms with van der Waals surface area (Å²) in [6.45, 7) is 0. The zero-order chi connectivity index (χ0) is 22.2. The molecule has 0 saturated carbocycles. The fraction of sp³-hybridized carbons (Fsp3) is 0. The molecule has 0 unspecified atom stereocenters. The Balaban J connectivity index is 1.79. The van der Waals surface area contributed by atoms with Gasteiger partial charge in [0.05, 0.1) is 15.7 Å². The molecule has 2 aromatic heterocycles. The van der Waals surface area contributed by atoms with Crippen molar-refractivity contribution in [2.45, 2.75) is 0 Å². The van der Waals surface area contributed by atoms with Gasteiger partial charge in [-0.1, -0.05) is 91.0 Å². The average Bonchev–Trinajstić information content (AvgIpc) is 3.45. The first-order chi connectivity index (χ1) is 16.9. The largest absolute Gasteiger partial charge is 0.308 e. The molecule has 0 amide bonds. The highest BCUT2D eigenvalue weighted by atomic mass is 32.1. The van der Waals surface area contributed by atoms with Crippen LogP contribution in [0.3, 0.4) is 0 Å². The maximum absolute atomic E-state index is 2.47. The second-order valence-corrected chi connectivity index (χ2v) is 9.98. The normalized spacial score (nSPS) is 12.1. The van der Waals surface area contributed by atoms with Gasteiger partial charge in [0.15, 0.2) is 0 Å². The number of hydrogen-bond acceptors (Lipinski definition) is 1. The molecule has 0 radical (unpaired) electrons. The number of nitrogens with zero attached hydrogens (tertiary/aromatic N) is 1. The highest BCUT2D eigenvalue weighted by Crippen LogP contribution is 2.49. The van der Waals surface area contributed by atoms with Crippen LogP contribution < -0.4 is 0 Å². The van der Waals surface area contributed by atoms with Crippen LogP contribution in [0.4, 0.5) is 0 Å². The molecular formula is C32H19NS. The van der Waals surface area contributed by atoms with Crippen LogP contribution in [0, 0.1) is 0 Å². The maximum Gasteiger partial charge on any atom is 0.0726 e. The standard InChI is InChI=1S/C32H19NS/c1-2-11-21(12-3-1)33-26-16-8-6-14-23(26)29-25-19-18-20-10-4-5-13-22(20)28(25)30-24-15-7-9-17-27(24)34-32(30)31(29)33/h1-19H. The summed E-state index contributed by atoms with van der Waals surface area (Å²) in [5, 5.41) is 10.7. The molecule has 0 bridgehead atoms. The van der Waals surface area contributed by atoms with Gasteiger partial charge in [-0.05, 0) is 45.8 Å². The fourth-order valence-electron chi connectivity index (χ4n) is 5.78. The maximum atomic E-state index is 2.47. The minimum atomic E-state index is 1.20. The fourth-order valence-corrected chi connectivity index (χ4v) is 7.03. The first kappa shape index (κ1) is 18.3. The highest BCUT2D eigenvalue weighted by molar-refractivity contribution is 7.27. The third kappa shape index (κ3) is 2.28. The van der Waals surface area contributed by atoms with Crippen LogP contribution in [0.1, 0.15) is 0 Å². The Bertz CT molecular complexity index is 2060. The first-order valence-electron chi connectivity index (χ1n) is 11.6. The third-order valence-electron chi connectivity index (χ3n) is 7.15. The smallest absolute Gasteiger partial charge is 0.0726 e. The Morgan fingerprint density at radius 2 is 1.18 bits per heavy atom. The van der Waals surface area contributed by atoms with Gasteiger partial charge in [0.1, 0.15) is 0 Å². The van der Waals surface area contributed by atoms with Crippen LogP contribution in [-0.2, 0) is 0 Å². The van der Waals surface area contributed by atoms with E-state index in [0.29, 0.717) is 0 Å². The summed E-state index contributed by atoms with van der Waals surface area (Å²) in [7, 11) is 0. The molecule has 0 saturated heterocycles. The van der Waals surface area contributed by atoms with E-state index in [0.717, 1.165) is 0 Å². The predicted octanol–water partition coefficient (Wildman–Crippen LogP) is 9.46. The molecule has 2 heterocycles. The van der Waals surface area contributed by atoms with Crippen LogP contribution in [0.15, 0.2) is 115 Å². The topological polar surface area (TPSA) is 4.93 Å². The Morgan fingerprint density at radius 3 is 2.06 bits per heavy atom. The van der Waals surface area contributed by atoms with Crippen LogP contribution in [-0.4, -0.2) is 4.57 Å². The molecule has 0 fully saturated rings. The number of para-hydroxylation sites is 2. The number of thiophene rings is 1. The van der Waals surface area contributed by atoms with E-state index in [1.54, 1.807) is 0 Å². The van der Waals surface area contributed by atoms with Crippen LogP contribution >= 0.6 is 11.3 Å². The summed E-state index contributed by atoms with van der Waals surface area (Å²) in [4.78, 5) is 0. The van der Waals surface area contributed by atoms with Crippen molar-refractivity contribution in [2.24, 2.45) is 0 Å². The number of fused-ring (bicyclic) bond motifs is 12. The van der Waals surface area contributed by atoms with Crippen molar-refractivity contribution in [1.82, 2.24) is 4.57 Å². The van der Waals surface area contributed by atoms with Gasteiger partial charge in [0.2, 0.25) is 0 Å². The summed E-state index contributed by atoms with van der Waals surface area (Å²) >= 11 is 1.92. The van der Waals surface area contributed by atoms with Crippen LogP contribution in [0.25, 0.3) is 69.2 Å². The average molecular weight is 450 g/mol. The Hall–Kier alpha value is -4.14. The van der Waals surface area contributed by atoms with Crippen molar-refractivity contribution in [1.29, 1.82) is 0 Å². The number of aromatic nitrogens is 1. The third-order valence-corrected chi connectivity index (χ3v) is 8.33. The number of rotatable bonds is 1. The lowest BCUT2D eigenvalue weighted by Crippen LogP contribution is -1.93. The van der Waals surface area contributed by atoms with Gasteiger partial charge in [-0.3, -0.25) is 0 Å². The summed E-state index contributed by atoms with van der Waals surface area (Å²) in [6.07, 6.45) is 0. The lowest BCUT2D eigenvalue weighted by atomic mass is 9.94. The molecule has 8 aromatic rings. The summed E-state index contributed by atoms with van der Waals surface area (Å²) in [6, 6.07) is 42.0. The molecule has 0 spiro atoms. The van der Waals surface area contributed by atoms with Crippen molar-refractivity contribution in [3.8, 4) is 5.69 Å². The zero-order valence-electron chi connectivity index (χ0n) is 18.3. The van der Waals surface area contributed by atoms with Gasteiger partial charge in [0.25, 0.3) is 0 Å². The molecule has 6 aromatic carbocycles. The quantitative estimate of drug-likeness (QED) is 0.220. The molecule has 0 aliphatic carbocycles. The summed E-state index contributed by atoms with van der Waals surface area (Å²) in [5.41, 5.74) is 3.77. The molecule has 8 rings (SSSR count). The Labute approximate surface area is 200 Å². The predicted molar refractivity (Wildman–Crippen MR) is 149 cm³/mol. The molecular weight excluding hydrogens is 430 g/mol. The molecule has 1 nitrogen and oxygen atoms in total. The van der Waals surface area contributed by atoms with Gasteiger partial charge in [-0.25, -0.2) is 0 Å². The lowest BCUT2D eigenvalue weighted by Gasteiger charge is -2.11. The van der Waals surface area contributed by atoms with E-state index in [1.165, 1.54) is 69.2 Å².